The summed E-state index contributed by atoms with van der Waals surface area (Å²) < 4.78 is 7.41. The van der Waals surface area contributed by atoms with Gasteiger partial charge in [-0.1, -0.05) is 6.07 Å². The second kappa shape index (κ2) is 5.01. The summed E-state index contributed by atoms with van der Waals surface area (Å²) in [6.45, 7) is 2.77. The molecule has 0 aromatic carbocycles. The Morgan fingerprint density at radius 3 is 3.21 bits per heavy atom. The number of carbonyl (C=O) groups is 1. The van der Waals surface area contributed by atoms with Gasteiger partial charge in [0, 0.05) is 19.0 Å². The number of imidazole rings is 1. The summed E-state index contributed by atoms with van der Waals surface area (Å²) in [5, 5.41) is 2.96. The number of nitrogens with zero attached hydrogens (tertiary/aromatic N) is 2. The Labute approximate surface area is 111 Å². The maximum Gasteiger partial charge on any atom is 0.271 e. The number of carbonyl (C=O) groups excluding carboxylic acids is 1. The molecule has 1 saturated heterocycles. The predicted octanol–water partition coefficient (Wildman–Crippen LogP) is 1.63. The molecular formula is C14H17N3O2. The molecule has 3 heterocycles. The maximum absolute atomic E-state index is 12.1. The Morgan fingerprint density at radius 1 is 1.58 bits per heavy atom. The van der Waals surface area contributed by atoms with E-state index < -0.39 is 0 Å². The Balaban J connectivity index is 1.72. The van der Waals surface area contributed by atoms with Crippen LogP contribution in [0.3, 0.4) is 0 Å². The first-order valence-electron chi connectivity index (χ1n) is 6.60. The van der Waals surface area contributed by atoms with Crippen LogP contribution in [0.25, 0.3) is 5.65 Å². The van der Waals surface area contributed by atoms with Gasteiger partial charge in [0.1, 0.15) is 11.3 Å². The van der Waals surface area contributed by atoms with Crippen molar-refractivity contribution in [3.05, 3.63) is 36.3 Å². The average Bonchev–Trinajstić information content (AvgIpc) is 3.07. The highest BCUT2D eigenvalue weighted by Gasteiger charge is 2.24. The number of hydrogen-bond donors (Lipinski definition) is 1. The number of ether oxygens (including phenoxy) is 1. The van der Waals surface area contributed by atoms with Crippen molar-refractivity contribution in [2.45, 2.75) is 31.9 Å². The van der Waals surface area contributed by atoms with Crippen LogP contribution in [-0.2, 0) is 4.74 Å². The Hall–Kier alpha value is -1.88. The smallest absolute Gasteiger partial charge is 0.271 e. The molecule has 100 valence electrons. The van der Waals surface area contributed by atoms with Gasteiger partial charge in [-0.15, -0.1) is 0 Å². The van der Waals surface area contributed by atoms with E-state index in [1.807, 2.05) is 35.7 Å². The van der Waals surface area contributed by atoms with Crippen molar-refractivity contribution in [2.75, 3.05) is 6.61 Å². The highest BCUT2D eigenvalue weighted by atomic mass is 16.5. The molecule has 2 aromatic rings. The normalized spacial score (nSPS) is 20.6. The molecule has 5 nitrogen and oxygen atoms in total. The quantitative estimate of drug-likeness (QED) is 0.911. The van der Waals surface area contributed by atoms with Crippen molar-refractivity contribution in [1.29, 1.82) is 0 Å². The molecule has 1 amide bonds. The van der Waals surface area contributed by atoms with E-state index in [-0.39, 0.29) is 18.1 Å². The summed E-state index contributed by atoms with van der Waals surface area (Å²) >= 11 is 0. The van der Waals surface area contributed by atoms with Gasteiger partial charge in [-0.25, -0.2) is 4.98 Å². The lowest BCUT2D eigenvalue weighted by Crippen LogP contribution is -2.40. The van der Waals surface area contributed by atoms with Gasteiger partial charge in [-0.3, -0.25) is 4.79 Å². The molecule has 0 aliphatic carbocycles. The van der Waals surface area contributed by atoms with Gasteiger partial charge in [-0.2, -0.15) is 0 Å². The van der Waals surface area contributed by atoms with Gasteiger partial charge < -0.3 is 14.5 Å². The minimum atomic E-state index is -0.147. The van der Waals surface area contributed by atoms with Crippen LogP contribution in [-0.4, -0.2) is 34.0 Å². The second-order valence-corrected chi connectivity index (χ2v) is 4.91. The van der Waals surface area contributed by atoms with E-state index in [9.17, 15) is 4.79 Å². The molecule has 0 spiro atoms. The van der Waals surface area contributed by atoms with Gasteiger partial charge in [-0.05, 0) is 31.9 Å². The van der Waals surface area contributed by atoms with Crippen LogP contribution in [0.1, 0.15) is 30.3 Å². The lowest BCUT2D eigenvalue weighted by atomic mass is 10.1. The lowest BCUT2D eigenvalue weighted by Gasteiger charge is -2.19. The van der Waals surface area contributed by atoms with E-state index in [1.165, 1.54) is 0 Å². The standard InChI is InChI=1S/C14H17N3O2/c1-10(12-5-4-8-19-12)15-14(18)11-9-17-7-3-2-6-13(17)16-11/h2-3,6-7,9-10,12H,4-5,8H2,1H3,(H,15,18)/t10-,12+/m1/s1. The molecule has 2 atom stereocenters. The lowest BCUT2D eigenvalue weighted by molar-refractivity contribution is 0.0710. The molecule has 0 saturated carbocycles. The van der Waals surface area contributed by atoms with Crippen molar-refractivity contribution in [3.63, 3.8) is 0 Å². The van der Waals surface area contributed by atoms with Crippen LogP contribution >= 0.6 is 0 Å². The zero-order chi connectivity index (χ0) is 13.2. The Morgan fingerprint density at radius 2 is 2.47 bits per heavy atom. The number of hydrogen-bond acceptors (Lipinski definition) is 3. The molecule has 5 heteroatoms. The summed E-state index contributed by atoms with van der Waals surface area (Å²) in [5.41, 5.74) is 1.22. The summed E-state index contributed by atoms with van der Waals surface area (Å²) in [5.74, 6) is -0.147. The third-order valence-electron chi connectivity index (χ3n) is 3.48. The molecule has 1 N–H and O–H groups in total. The van der Waals surface area contributed by atoms with Crippen molar-refractivity contribution in [1.82, 2.24) is 14.7 Å². The SMILES string of the molecule is C[C@@H](NC(=O)c1cn2ccccc2n1)[C@@H]1CCCO1. The van der Waals surface area contributed by atoms with Gasteiger partial charge in [0.25, 0.3) is 5.91 Å². The number of aromatic nitrogens is 2. The minimum Gasteiger partial charge on any atom is -0.376 e. The summed E-state index contributed by atoms with van der Waals surface area (Å²) in [6.07, 6.45) is 5.82. The fourth-order valence-corrected chi connectivity index (χ4v) is 2.41. The number of pyridine rings is 1. The van der Waals surface area contributed by atoms with E-state index in [0.29, 0.717) is 5.69 Å². The van der Waals surface area contributed by atoms with E-state index in [2.05, 4.69) is 10.3 Å². The number of amides is 1. The van der Waals surface area contributed by atoms with Crippen LogP contribution in [0.2, 0.25) is 0 Å². The predicted molar refractivity (Wildman–Crippen MR) is 71.1 cm³/mol. The molecule has 1 aliphatic rings. The van der Waals surface area contributed by atoms with Crippen LogP contribution < -0.4 is 5.32 Å². The first-order chi connectivity index (χ1) is 9.24. The molecule has 0 radical (unpaired) electrons. The van der Waals surface area contributed by atoms with Crippen LogP contribution in [0.5, 0.6) is 0 Å². The number of rotatable bonds is 3. The van der Waals surface area contributed by atoms with E-state index in [0.717, 1.165) is 25.1 Å². The Bertz CT molecular complexity index is 554. The van der Waals surface area contributed by atoms with Crippen LogP contribution in [0.15, 0.2) is 30.6 Å². The molecule has 0 bridgehead atoms. The molecule has 3 rings (SSSR count). The first-order valence-corrected chi connectivity index (χ1v) is 6.60. The fourth-order valence-electron chi connectivity index (χ4n) is 2.41. The molecule has 0 unspecified atom stereocenters. The zero-order valence-corrected chi connectivity index (χ0v) is 10.9. The third-order valence-corrected chi connectivity index (χ3v) is 3.48. The first kappa shape index (κ1) is 12.2. The summed E-state index contributed by atoms with van der Waals surface area (Å²) in [7, 11) is 0. The molecule has 2 aromatic heterocycles. The van der Waals surface area contributed by atoms with Crippen molar-refractivity contribution in [2.24, 2.45) is 0 Å². The summed E-state index contributed by atoms with van der Waals surface area (Å²) in [6, 6.07) is 5.70. The highest BCUT2D eigenvalue weighted by Crippen LogP contribution is 2.15. The summed E-state index contributed by atoms with van der Waals surface area (Å²) in [4.78, 5) is 16.4. The van der Waals surface area contributed by atoms with Gasteiger partial charge in [0.05, 0.1) is 12.1 Å². The average molecular weight is 259 g/mol. The Kier molecular flexibility index (Phi) is 3.21. The molecule has 1 aliphatic heterocycles. The van der Waals surface area contributed by atoms with E-state index in [4.69, 9.17) is 4.74 Å². The molecule has 1 fully saturated rings. The van der Waals surface area contributed by atoms with Crippen LogP contribution in [0, 0.1) is 0 Å². The van der Waals surface area contributed by atoms with Gasteiger partial charge in [0.2, 0.25) is 0 Å². The molecular weight excluding hydrogens is 242 g/mol. The van der Waals surface area contributed by atoms with Gasteiger partial charge >= 0.3 is 0 Å². The van der Waals surface area contributed by atoms with E-state index >= 15 is 0 Å². The molecule has 19 heavy (non-hydrogen) atoms. The van der Waals surface area contributed by atoms with Crippen molar-refractivity contribution < 1.29 is 9.53 Å². The number of nitrogens with one attached hydrogen (secondary N) is 1. The monoisotopic (exact) mass is 259 g/mol. The third kappa shape index (κ3) is 2.46. The highest BCUT2D eigenvalue weighted by molar-refractivity contribution is 5.93. The second-order valence-electron chi connectivity index (χ2n) is 4.91. The largest absolute Gasteiger partial charge is 0.376 e. The fraction of sp³-hybridized carbons (Fsp3) is 0.429. The van der Waals surface area contributed by atoms with Crippen molar-refractivity contribution in [3.8, 4) is 0 Å². The topological polar surface area (TPSA) is 55.6 Å². The zero-order valence-electron chi connectivity index (χ0n) is 10.9. The number of fused-ring (bicyclic) bond motifs is 1. The minimum absolute atomic E-state index is 0.0137. The maximum atomic E-state index is 12.1. The van der Waals surface area contributed by atoms with Crippen LogP contribution in [0.4, 0.5) is 0 Å². The van der Waals surface area contributed by atoms with Gasteiger partial charge in [0.15, 0.2) is 0 Å². The van der Waals surface area contributed by atoms with Crippen molar-refractivity contribution >= 4 is 11.6 Å². The van der Waals surface area contributed by atoms with E-state index in [1.54, 1.807) is 6.20 Å².